The topological polar surface area (TPSA) is 122 Å². The SMILES string of the molecule is COc1c(OC2CCN(C(=O)O)CC2)ncnc1N1C=CC2=CC(S(C)(=O)=O)=CCC21. The van der Waals surface area contributed by atoms with Crippen molar-refractivity contribution in [2.45, 2.75) is 31.4 Å². The van der Waals surface area contributed by atoms with Crippen molar-refractivity contribution in [2.75, 3.05) is 31.4 Å². The second-order valence-corrected chi connectivity index (χ2v) is 9.64. The molecular formula is C20H24N4O6S. The van der Waals surface area contributed by atoms with Gasteiger partial charge in [0.2, 0.25) is 5.75 Å². The van der Waals surface area contributed by atoms with Gasteiger partial charge in [0.1, 0.15) is 12.4 Å². The molecule has 10 nitrogen and oxygen atoms in total. The standard InChI is InChI=1S/C20H24N4O6S/c1-29-17-18(24-10-5-13-11-15(31(2,27)28)3-4-16(13)24)21-12-22-19(17)30-14-6-8-23(9-7-14)20(25)26/h3,5,10-12,14,16H,4,6-9H2,1-2H3,(H,25,26). The van der Waals surface area contributed by atoms with Crippen LogP contribution in [0.4, 0.5) is 10.6 Å². The number of carbonyl (C=O) groups is 1. The molecule has 0 spiro atoms. The van der Waals surface area contributed by atoms with E-state index in [-0.39, 0.29) is 12.1 Å². The van der Waals surface area contributed by atoms with E-state index < -0.39 is 15.9 Å². The molecule has 1 fully saturated rings. The molecule has 1 unspecified atom stereocenters. The van der Waals surface area contributed by atoms with Crippen LogP contribution in [0.5, 0.6) is 11.6 Å². The summed E-state index contributed by atoms with van der Waals surface area (Å²) in [5, 5.41) is 9.10. The molecule has 11 heteroatoms. The number of likely N-dealkylation sites (tertiary alicyclic amines) is 1. The number of rotatable bonds is 5. The van der Waals surface area contributed by atoms with Crippen molar-refractivity contribution in [3.05, 3.63) is 41.2 Å². The average molecular weight is 449 g/mol. The van der Waals surface area contributed by atoms with E-state index in [0.29, 0.717) is 54.7 Å². The third kappa shape index (κ3) is 4.22. The van der Waals surface area contributed by atoms with Crippen LogP contribution in [0.1, 0.15) is 19.3 Å². The Hall–Kier alpha value is -3.08. The van der Waals surface area contributed by atoms with Crippen molar-refractivity contribution in [3.8, 4) is 11.6 Å². The quantitative estimate of drug-likeness (QED) is 0.720. The maximum atomic E-state index is 11.9. The van der Waals surface area contributed by atoms with Crippen LogP contribution < -0.4 is 14.4 Å². The Labute approximate surface area is 180 Å². The first-order valence-corrected chi connectivity index (χ1v) is 11.8. The lowest BCUT2D eigenvalue weighted by atomic mass is 10.0. The van der Waals surface area contributed by atoms with Crippen molar-refractivity contribution >= 4 is 21.7 Å². The van der Waals surface area contributed by atoms with Crippen LogP contribution >= 0.6 is 0 Å². The Morgan fingerprint density at radius 1 is 1.26 bits per heavy atom. The number of piperidine rings is 1. The normalized spacial score (nSPS) is 21.4. The molecule has 2 aliphatic heterocycles. The molecule has 1 aromatic rings. The number of aromatic nitrogens is 2. The van der Waals surface area contributed by atoms with Crippen LogP contribution in [0.15, 0.2) is 41.2 Å². The number of hydrogen-bond acceptors (Lipinski definition) is 8. The predicted molar refractivity (Wildman–Crippen MR) is 113 cm³/mol. The van der Waals surface area contributed by atoms with E-state index in [2.05, 4.69) is 9.97 Å². The smallest absolute Gasteiger partial charge is 0.407 e. The molecule has 1 atom stereocenters. The first kappa shape index (κ1) is 21.2. The maximum Gasteiger partial charge on any atom is 0.407 e. The van der Waals surface area contributed by atoms with Gasteiger partial charge in [-0.3, -0.25) is 0 Å². The van der Waals surface area contributed by atoms with Gasteiger partial charge >= 0.3 is 6.09 Å². The summed E-state index contributed by atoms with van der Waals surface area (Å²) >= 11 is 0. The zero-order valence-electron chi connectivity index (χ0n) is 17.3. The molecule has 1 aliphatic carbocycles. The minimum Gasteiger partial charge on any atom is -0.489 e. The van der Waals surface area contributed by atoms with Crippen LogP contribution in [0.3, 0.4) is 0 Å². The van der Waals surface area contributed by atoms with Gasteiger partial charge in [-0.1, -0.05) is 6.08 Å². The number of fused-ring (bicyclic) bond motifs is 1. The lowest BCUT2D eigenvalue weighted by Gasteiger charge is -2.31. The van der Waals surface area contributed by atoms with Crippen LogP contribution in [0, 0.1) is 0 Å². The highest BCUT2D eigenvalue weighted by atomic mass is 32.2. The summed E-state index contributed by atoms with van der Waals surface area (Å²) in [6, 6.07) is -0.0963. The zero-order chi connectivity index (χ0) is 22.2. The summed E-state index contributed by atoms with van der Waals surface area (Å²) in [5.41, 5.74) is 0.882. The molecule has 0 radical (unpaired) electrons. The van der Waals surface area contributed by atoms with Gasteiger partial charge in [-0.2, -0.15) is 4.98 Å². The first-order chi connectivity index (χ1) is 14.8. The number of allylic oxidation sites excluding steroid dienone is 1. The minimum atomic E-state index is -3.27. The molecule has 0 aromatic carbocycles. The number of ether oxygens (including phenoxy) is 2. The Balaban J connectivity index is 1.54. The summed E-state index contributed by atoms with van der Waals surface area (Å²) in [6.07, 6.45) is 10.2. The van der Waals surface area contributed by atoms with Gasteiger partial charge in [-0.15, -0.1) is 0 Å². The van der Waals surface area contributed by atoms with Gasteiger partial charge in [0.15, 0.2) is 15.7 Å². The van der Waals surface area contributed by atoms with Crippen molar-refractivity contribution in [3.63, 3.8) is 0 Å². The van der Waals surface area contributed by atoms with Crippen molar-refractivity contribution in [1.29, 1.82) is 0 Å². The molecule has 4 rings (SSSR count). The second kappa shape index (κ2) is 8.22. The summed E-state index contributed by atoms with van der Waals surface area (Å²) in [6.45, 7) is 0.806. The van der Waals surface area contributed by atoms with E-state index in [4.69, 9.17) is 14.6 Å². The predicted octanol–water partition coefficient (Wildman–Crippen LogP) is 1.97. The fourth-order valence-electron chi connectivity index (χ4n) is 3.98. The van der Waals surface area contributed by atoms with Gasteiger partial charge in [0.25, 0.3) is 5.88 Å². The molecule has 0 saturated carbocycles. The minimum absolute atomic E-state index is 0.0963. The number of anilines is 1. The van der Waals surface area contributed by atoms with E-state index in [1.165, 1.54) is 24.6 Å². The molecule has 1 amide bonds. The van der Waals surface area contributed by atoms with E-state index in [1.807, 2.05) is 17.2 Å². The van der Waals surface area contributed by atoms with Gasteiger partial charge < -0.3 is 24.4 Å². The lowest BCUT2D eigenvalue weighted by Crippen LogP contribution is -2.41. The van der Waals surface area contributed by atoms with Gasteiger partial charge in [0, 0.05) is 38.4 Å². The molecule has 1 saturated heterocycles. The van der Waals surface area contributed by atoms with Crippen molar-refractivity contribution in [1.82, 2.24) is 14.9 Å². The van der Waals surface area contributed by atoms with Crippen LogP contribution in [-0.2, 0) is 9.84 Å². The van der Waals surface area contributed by atoms with E-state index in [9.17, 15) is 13.2 Å². The fourth-order valence-corrected chi connectivity index (χ4v) is 4.73. The number of carboxylic acid groups (broad SMARTS) is 1. The van der Waals surface area contributed by atoms with E-state index in [1.54, 1.807) is 12.2 Å². The third-order valence-corrected chi connectivity index (χ3v) is 6.76. The summed E-state index contributed by atoms with van der Waals surface area (Å²) < 4.78 is 35.4. The van der Waals surface area contributed by atoms with Gasteiger partial charge in [-0.25, -0.2) is 18.2 Å². The number of methoxy groups -OCH3 is 1. The number of hydrogen-bond donors (Lipinski definition) is 1. The zero-order valence-corrected chi connectivity index (χ0v) is 18.1. The number of sulfone groups is 1. The summed E-state index contributed by atoms with van der Waals surface area (Å²) in [4.78, 5) is 23.3. The largest absolute Gasteiger partial charge is 0.489 e. The molecule has 31 heavy (non-hydrogen) atoms. The Morgan fingerprint density at radius 3 is 2.65 bits per heavy atom. The Bertz CT molecular complexity index is 1070. The molecule has 0 bridgehead atoms. The molecule has 1 N–H and O–H groups in total. The highest BCUT2D eigenvalue weighted by molar-refractivity contribution is 7.94. The average Bonchev–Trinajstić information content (AvgIpc) is 3.16. The van der Waals surface area contributed by atoms with E-state index in [0.717, 1.165) is 5.57 Å². The summed E-state index contributed by atoms with van der Waals surface area (Å²) in [7, 11) is -1.76. The summed E-state index contributed by atoms with van der Waals surface area (Å²) in [5.74, 6) is 1.21. The van der Waals surface area contributed by atoms with Crippen LogP contribution in [0.2, 0.25) is 0 Å². The fraction of sp³-hybridized carbons (Fsp3) is 0.450. The highest BCUT2D eigenvalue weighted by Gasteiger charge is 2.33. The maximum absolute atomic E-state index is 11.9. The van der Waals surface area contributed by atoms with Crippen molar-refractivity contribution in [2.24, 2.45) is 0 Å². The second-order valence-electron chi connectivity index (χ2n) is 7.62. The number of nitrogens with zero attached hydrogens (tertiary/aromatic N) is 4. The molecule has 3 heterocycles. The molecule has 1 aromatic heterocycles. The van der Waals surface area contributed by atoms with Gasteiger partial charge in [-0.05, 0) is 24.1 Å². The third-order valence-electron chi connectivity index (χ3n) is 5.62. The number of amides is 1. The molecule has 3 aliphatic rings. The monoisotopic (exact) mass is 448 g/mol. The van der Waals surface area contributed by atoms with Crippen LogP contribution in [0.25, 0.3) is 0 Å². The highest BCUT2D eigenvalue weighted by Crippen LogP contribution is 2.41. The Morgan fingerprint density at radius 2 is 2.00 bits per heavy atom. The van der Waals surface area contributed by atoms with Crippen LogP contribution in [-0.4, -0.2) is 73.1 Å². The first-order valence-electron chi connectivity index (χ1n) is 9.90. The molecular weight excluding hydrogens is 424 g/mol. The molecule has 166 valence electrons. The lowest BCUT2D eigenvalue weighted by molar-refractivity contribution is 0.0851. The van der Waals surface area contributed by atoms with Gasteiger partial charge in [0.05, 0.1) is 18.1 Å². The van der Waals surface area contributed by atoms with Crippen molar-refractivity contribution < 1.29 is 27.8 Å². The van der Waals surface area contributed by atoms with E-state index >= 15 is 0 Å². The Kier molecular flexibility index (Phi) is 5.61.